The molecule has 0 fully saturated rings. The van der Waals surface area contributed by atoms with Gasteiger partial charge in [0.1, 0.15) is 11.4 Å². The van der Waals surface area contributed by atoms with Gasteiger partial charge < -0.3 is 47.8 Å². The van der Waals surface area contributed by atoms with Gasteiger partial charge >= 0.3 is 11.9 Å². The molecular weight excluding hydrogens is 2750 g/mol. The van der Waals surface area contributed by atoms with E-state index in [-0.39, 0.29) is 166 Å². The SMILES string of the molecule is CC(=O)C=C(C)O.CC(=O)C=C(C)O.Cn1ccnc1-c1[c-]ccc(-c2ccccc2)c1.Cn1ccnc1-c1[c-]cccc1-c1ccccc1.Cn1cnc(-c2[c-]cc(F)cc2F)c1.Cn1cnc(-c2[c-]cc(F)cc2F)c1.Cn1cnc(-c2[c-]cccc2)c1.O=C(O)c1ccccn1.O=C(O)c1ccccn1.[Ir].[Ir].[Ir].[Ir].[Ir].[Ir].[c-]1ccccc1-c1cn(Cc2ccccc2)cn1. The van der Waals surface area contributed by atoms with E-state index in [0.29, 0.717) is 11.4 Å². The summed E-state index contributed by atoms with van der Waals surface area (Å²) in [5, 5.41) is 33.4. The van der Waals surface area contributed by atoms with E-state index in [2.05, 4.69) is 154 Å². The van der Waals surface area contributed by atoms with E-state index in [0.717, 1.165) is 81.7 Å². The maximum absolute atomic E-state index is 13.2. The number of aryl methyl sites for hydroxylation is 5. The van der Waals surface area contributed by atoms with E-state index in [1.807, 2.05) is 175 Å². The van der Waals surface area contributed by atoms with Crippen LogP contribution in [0.4, 0.5) is 17.6 Å². The van der Waals surface area contributed by atoms with Gasteiger partial charge in [0.25, 0.3) is 0 Å². The van der Waals surface area contributed by atoms with Gasteiger partial charge in [0.15, 0.2) is 11.6 Å². The average molecular weight is 2840 g/mol. The number of aliphatic hydroxyl groups excluding tert-OH is 2. The van der Waals surface area contributed by atoms with Gasteiger partial charge in [-0.2, -0.15) is 0 Å². The van der Waals surface area contributed by atoms with Crippen molar-refractivity contribution < 1.29 is 178 Å². The number of carbonyl (C=O) groups is 4. The van der Waals surface area contributed by atoms with Crippen molar-refractivity contribution in [2.75, 3.05) is 0 Å². The van der Waals surface area contributed by atoms with Gasteiger partial charge in [-0.05, 0) is 87.9 Å². The Morgan fingerprint density at radius 3 is 1.13 bits per heavy atom. The third-order valence-electron chi connectivity index (χ3n) is 16.7. The van der Waals surface area contributed by atoms with Crippen molar-refractivity contribution in [3.63, 3.8) is 0 Å². The molecule has 0 aliphatic rings. The van der Waals surface area contributed by atoms with Gasteiger partial charge in [0, 0.05) is 258 Å². The molecule has 132 heavy (non-hydrogen) atoms. The third-order valence-corrected chi connectivity index (χ3v) is 16.7. The van der Waals surface area contributed by atoms with Gasteiger partial charge in [-0.1, -0.05) is 138 Å². The van der Waals surface area contributed by atoms with Gasteiger partial charge in [0.2, 0.25) is 0 Å². The van der Waals surface area contributed by atoms with E-state index < -0.39 is 35.2 Å². The third kappa shape index (κ3) is 40.5. The van der Waals surface area contributed by atoms with Crippen molar-refractivity contribution >= 4 is 23.5 Å². The smallest absolute Gasteiger partial charge is 0.354 e. The predicted molar refractivity (Wildman–Crippen MR) is 477 cm³/mol. The first-order chi connectivity index (χ1) is 60.7. The van der Waals surface area contributed by atoms with Crippen LogP contribution in [0.2, 0.25) is 0 Å². The summed E-state index contributed by atoms with van der Waals surface area (Å²) < 4.78 is 63.0. The minimum Gasteiger partial charge on any atom is -0.512 e. The normalized spacial score (nSPS) is 9.86. The van der Waals surface area contributed by atoms with E-state index in [1.165, 1.54) is 86.6 Å². The van der Waals surface area contributed by atoms with E-state index in [1.54, 1.807) is 85.1 Å². The topological polar surface area (TPSA) is 282 Å². The predicted octanol–water partition coefficient (Wildman–Crippen LogP) is 20.3. The van der Waals surface area contributed by atoms with Crippen LogP contribution in [0.3, 0.4) is 0 Å². The minimum absolute atomic E-state index is 0. The number of nitrogens with zero attached hydrogens (tertiary/aromatic N) is 14. The standard InChI is InChI=1S/3C16H13N2.2C10H7F2N2.C10H9N2.2C6H5NO2.2C5H8O2.6Ir/c1-18-12-11-17-16(18)15-10-6-5-9-14(15)13-7-3-2-4-8-13;1-18-11-10-17-16(18)15-9-5-8-14(12-15)13-6-3-2-4-7-13;1-3-7-14(8-4-1)11-18-12-16(17-13-18)15-9-5-2-6-10-15;2*1-14-5-10(13-6-14)8-3-2-7(11)4-9(8)12;1-12-7-10(11-8-12)9-5-3-2-4-6-9;2*8-6(9)5-3-1-2-4-7-5;2*1-4(6)3-5(2)7;;;;;;/h2-9,11-12H,1H3;2-8,10-12H,1H3;1-9,12-13H,11H2;2*2,4-6H,1H3;2-5,7-8H,1H3;2*1-4H,(H,8,9);2*3,6H,1-2H3;;;;;;/q6*-1;;;;;;;;;;. The zero-order valence-electron chi connectivity index (χ0n) is 72.2. The number of hydrogen-bond donors (Lipinski definition) is 4. The Hall–Kier alpha value is -12.5. The van der Waals surface area contributed by atoms with Crippen LogP contribution in [0.5, 0.6) is 0 Å². The first-order valence-electron chi connectivity index (χ1n) is 38.5. The number of imidazole rings is 6. The maximum Gasteiger partial charge on any atom is 0.354 e. The van der Waals surface area contributed by atoms with Crippen molar-refractivity contribution in [2.45, 2.75) is 34.2 Å². The molecule has 22 nitrogen and oxygen atoms in total. The summed E-state index contributed by atoms with van der Waals surface area (Å²) in [5.41, 5.74) is 13.5. The largest absolute Gasteiger partial charge is 0.512 e. The molecule has 0 amide bonds. The van der Waals surface area contributed by atoms with Gasteiger partial charge in [-0.15, -0.1) is 161 Å². The molecular formula is C100H88F4Ir6N14O8-6. The van der Waals surface area contributed by atoms with E-state index >= 15 is 0 Å². The second-order valence-corrected chi connectivity index (χ2v) is 27.1. The van der Waals surface area contributed by atoms with Gasteiger partial charge in [0.05, 0.1) is 48.5 Å². The number of hydrogen-bond acceptors (Lipinski definition) is 14. The van der Waals surface area contributed by atoms with Crippen LogP contribution < -0.4 is 0 Å². The molecule has 0 aliphatic carbocycles. The number of aromatic carboxylic acids is 2. The molecule has 17 aromatic rings. The van der Waals surface area contributed by atoms with Crippen molar-refractivity contribution in [1.82, 2.24) is 67.3 Å². The number of benzene rings is 9. The Morgan fingerprint density at radius 2 is 0.758 bits per heavy atom. The summed E-state index contributed by atoms with van der Waals surface area (Å²) in [6, 6.07) is 90.2. The molecule has 9 aromatic carbocycles. The molecule has 17 rings (SSSR count). The number of halogens is 4. The number of rotatable bonds is 14. The fourth-order valence-electron chi connectivity index (χ4n) is 11.1. The summed E-state index contributed by atoms with van der Waals surface area (Å²) in [4.78, 5) is 72.7. The van der Waals surface area contributed by atoms with Crippen LogP contribution in [0.25, 0.3) is 90.1 Å². The number of pyridine rings is 2. The minimum atomic E-state index is -0.990. The van der Waals surface area contributed by atoms with Crippen molar-refractivity contribution in [1.29, 1.82) is 0 Å². The number of aromatic nitrogens is 14. The number of carbonyl (C=O) groups excluding carboxylic acids is 2. The second kappa shape index (κ2) is 62.0. The molecule has 4 N–H and O–H groups in total. The van der Waals surface area contributed by atoms with Gasteiger partial charge in [-0.3, -0.25) is 57.1 Å². The van der Waals surface area contributed by atoms with Crippen LogP contribution in [0, 0.1) is 59.7 Å². The molecule has 6 radical (unpaired) electrons. The quantitative estimate of drug-likeness (QED) is 0.0341. The second-order valence-electron chi connectivity index (χ2n) is 27.1. The molecule has 0 atom stereocenters. The van der Waals surface area contributed by atoms with Gasteiger partial charge in [-0.25, -0.2) is 19.6 Å². The molecule has 8 heterocycles. The van der Waals surface area contributed by atoms with Crippen LogP contribution >= 0.6 is 0 Å². The molecule has 694 valence electrons. The van der Waals surface area contributed by atoms with Crippen LogP contribution in [0.15, 0.2) is 348 Å². The zero-order valence-corrected chi connectivity index (χ0v) is 86.5. The van der Waals surface area contributed by atoms with Crippen LogP contribution in [-0.4, -0.2) is 111 Å². The summed E-state index contributed by atoms with van der Waals surface area (Å²) in [6.07, 6.45) is 26.8. The van der Waals surface area contributed by atoms with Crippen molar-refractivity contribution in [3.05, 3.63) is 424 Å². The summed E-state index contributed by atoms with van der Waals surface area (Å²) >= 11 is 0. The molecule has 0 saturated heterocycles. The molecule has 32 heteroatoms. The maximum atomic E-state index is 13.2. The fourth-order valence-corrected chi connectivity index (χ4v) is 11.1. The fraction of sp³-hybridized carbons (Fsp3) is 0.100. The molecule has 0 bridgehead atoms. The number of carboxylic acid groups (broad SMARTS) is 2. The summed E-state index contributed by atoms with van der Waals surface area (Å²) in [7, 11) is 9.50. The van der Waals surface area contributed by atoms with Crippen molar-refractivity contribution in [3.8, 4) is 90.1 Å². The van der Waals surface area contributed by atoms with E-state index in [4.69, 9.17) is 20.4 Å². The number of carboxylic acids is 2. The molecule has 0 aliphatic heterocycles. The Balaban J connectivity index is 0.000000502. The number of allylic oxidation sites excluding steroid dienone is 4. The number of aliphatic hydroxyl groups is 2. The van der Waals surface area contributed by atoms with Crippen molar-refractivity contribution in [2.24, 2.45) is 35.2 Å². The van der Waals surface area contributed by atoms with E-state index in [9.17, 15) is 36.7 Å². The van der Waals surface area contributed by atoms with Crippen LogP contribution in [-0.2, 0) is 172 Å². The zero-order chi connectivity index (χ0) is 90.7. The Morgan fingerprint density at radius 1 is 0.356 bits per heavy atom. The molecule has 0 spiro atoms. The number of ketones is 2. The first kappa shape index (κ1) is 116. The summed E-state index contributed by atoms with van der Waals surface area (Å²) in [5.74, 6) is -2.80. The summed E-state index contributed by atoms with van der Waals surface area (Å²) in [6.45, 7) is 6.54. The Labute approximate surface area is 844 Å². The molecule has 0 saturated carbocycles. The Bertz CT molecular complexity index is 6120. The Kier molecular flexibility index (Phi) is 54.3. The molecule has 8 aromatic heterocycles. The first-order valence-corrected chi connectivity index (χ1v) is 38.5. The average Bonchev–Trinajstić information content (AvgIpc) is 1.53. The monoisotopic (exact) mass is 2850 g/mol. The molecule has 0 unspecified atom stereocenters. The van der Waals surface area contributed by atoms with Crippen LogP contribution in [0.1, 0.15) is 54.2 Å².